The number of allylic oxidation sites excluding steroid dienone is 2. The van der Waals surface area contributed by atoms with Crippen molar-refractivity contribution in [2.45, 2.75) is 37.5 Å². The molecule has 3 aromatic rings. The zero-order valence-corrected chi connectivity index (χ0v) is 19.4. The minimum Gasteiger partial charge on any atom is -0.480 e. The van der Waals surface area contributed by atoms with Crippen LogP contribution in [-0.4, -0.2) is 33.5 Å². The van der Waals surface area contributed by atoms with Crippen molar-refractivity contribution in [2.24, 2.45) is 0 Å². The van der Waals surface area contributed by atoms with Crippen LogP contribution in [0.1, 0.15) is 30.9 Å². The highest BCUT2D eigenvalue weighted by Gasteiger charge is 2.39. The fourth-order valence-electron chi connectivity index (χ4n) is 3.77. The van der Waals surface area contributed by atoms with Crippen LogP contribution in [-0.2, 0) is 15.8 Å². The Bertz CT molecular complexity index is 1320. The minimum atomic E-state index is -4.48. The second kappa shape index (κ2) is 9.53. The first-order chi connectivity index (χ1) is 16.6. The summed E-state index contributed by atoms with van der Waals surface area (Å²) < 4.78 is 39.6. The first-order valence-electron chi connectivity index (χ1n) is 10.9. The first kappa shape index (κ1) is 24.5. The number of fused-ring (bicyclic) bond motifs is 1. The molecule has 4 rings (SSSR count). The molecule has 10 heteroatoms. The van der Waals surface area contributed by atoms with Crippen LogP contribution >= 0.6 is 11.3 Å². The van der Waals surface area contributed by atoms with Gasteiger partial charge in [0.05, 0.1) is 15.8 Å². The zero-order valence-electron chi connectivity index (χ0n) is 18.6. The average molecular weight is 502 g/mol. The molecular formula is C25H22F3N3O3S. The van der Waals surface area contributed by atoms with Gasteiger partial charge in [-0.3, -0.25) is 4.79 Å². The number of thiazole rings is 1. The normalized spacial score (nSPS) is 18.7. The Balaban J connectivity index is 1.67. The third-order valence-electron chi connectivity index (χ3n) is 5.76. The lowest BCUT2D eigenvalue weighted by Crippen LogP contribution is -2.55. The molecule has 182 valence electrons. The molecule has 6 nitrogen and oxygen atoms in total. The summed E-state index contributed by atoms with van der Waals surface area (Å²) >= 11 is 0.992. The smallest absolute Gasteiger partial charge is 0.416 e. The van der Waals surface area contributed by atoms with Crippen molar-refractivity contribution in [1.82, 2.24) is 10.3 Å². The van der Waals surface area contributed by atoms with Crippen molar-refractivity contribution >= 4 is 44.1 Å². The van der Waals surface area contributed by atoms with Gasteiger partial charge in [-0.15, -0.1) is 0 Å². The molecule has 2 atom stereocenters. The fraction of sp³-hybridized carbons (Fsp3) is 0.240. The molecule has 0 fully saturated rings. The Kier molecular flexibility index (Phi) is 6.66. The van der Waals surface area contributed by atoms with E-state index in [4.69, 9.17) is 0 Å². The fourth-order valence-corrected chi connectivity index (χ4v) is 4.76. The third-order valence-corrected chi connectivity index (χ3v) is 6.69. The number of amides is 1. The summed E-state index contributed by atoms with van der Waals surface area (Å²) in [5, 5.41) is 15.3. The van der Waals surface area contributed by atoms with Gasteiger partial charge in [0.15, 0.2) is 5.13 Å². The van der Waals surface area contributed by atoms with Crippen molar-refractivity contribution in [3.8, 4) is 0 Å². The van der Waals surface area contributed by atoms with Gasteiger partial charge in [-0.1, -0.05) is 60.7 Å². The van der Waals surface area contributed by atoms with Crippen LogP contribution in [0.4, 0.5) is 18.3 Å². The molecule has 0 bridgehead atoms. The number of alkyl halides is 3. The number of aromatic nitrogens is 1. The molecule has 2 aromatic carbocycles. The molecular weight excluding hydrogens is 479 g/mol. The molecule has 0 saturated heterocycles. The van der Waals surface area contributed by atoms with E-state index in [0.717, 1.165) is 34.6 Å². The molecule has 1 aliphatic carbocycles. The number of carboxylic acid groups (broad SMARTS) is 1. The molecule has 1 aliphatic rings. The number of halogens is 3. The predicted octanol–water partition coefficient (Wildman–Crippen LogP) is 5.49. The first-order valence-corrected chi connectivity index (χ1v) is 11.7. The summed E-state index contributed by atoms with van der Waals surface area (Å²) in [6, 6.07) is 11.7. The summed E-state index contributed by atoms with van der Waals surface area (Å²) in [4.78, 5) is 29.2. The van der Waals surface area contributed by atoms with Crippen LogP contribution in [0.5, 0.6) is 0 Å². The Morgan fingerprint density at radius 1 is 1.20 bits per heavy atom. The number of aliphatic carboxylic acids is 1. The number of nitrogens with one attached hydrogen (secondary N) is 2. The summed E-state index contributed by atoms with van der Waals surface area (Å²) in [6.45, 7) is 1.65. The minimum absolute atomic E-state index is 0.180. The number of carbonyl (C=O) groups is 2. The van der Waals surface area contributed by atoms with Gasteiger partial charge in [-0.25, -0.2) is 9.78 Å². The van der Waals surface area contributed by atoms with Crippen molar-refractivity contribution in [1.29, 1.82) is 0 Å². The maximum Gasteiger partial charge on any atom is 0.416 e. The maximum atomic E-state index is 13.4. The lowest BCUT2D eigenvalue weighted by Gasteiger charge is -2.33. The quantitative estimate of drug-likeness (QED) is 0.398. The predicted molar refractivity (Wildman–Crippen MR) is 129 cm³/mol. The molecule has 0 saturated carbocycles. The number of anilines is 1. The Hall–Kier alpha value is -3.66. The second-order valence-corrected chi connectivity index (χ2v) is 9.16. The van der Waals surface area contributed by atoms with E-state index in [1.807, 2.05) is 36.4 Å². The zero-order chi connectivity index (χ0) is 25.2. The van der Waals surface area contributed by atoms with Crippen LogP contribution in [0.15, 0.2) is 66.8 Å². The van der Waals surface area contributed by atoms with E-state index in [2.05, 4.69) is 15.6 Å². The molecule has 1 unspecified atom stereocenters. The molecule has 35 heavy (non-hydrogen) atoms. The van der Waals surface area contributed by atoms with Crippen LogP contribution in [0.2, 0.25) is 0 Å². The van der Waals surface area contributed by atoms with Gasteiger partial charge in [-0.05, 0) is 41.8 Å². The standard InChI is InChI=1S/C25H22F3N3O3S/c1-2-18(21(32)33)29-22(34)24(12-10-16(11-13-24)15-6-4-3-5-7-15)31-23-30-19-9-8-17(25(26,27)28)14-20(19)35-23/h3-12,14,18H,2,13H2,1H3,(H,29,34)(H,30,31)(H,32,33)/t18-,24?/m0/s1. The van der Waals surface area contributed by atoms with Crippen molar-refractivity contribution in [2.75, 3.05) is 5.32 Å². The van der Waals surface area contributed by atoms with Gasteiger partial charge in [0.25, 0.3) is 5.91 Å². The number of nitrogens with zero attached hydrogens (tertiary/aromatic N) is 1. The van der Waals surface area contributed by atoms with Gasteiger partial charge in [0.1, 0.15) is 11.6 Å². The molecule has 0 aliphatic heterocycles. The van der Waals surface area contributed by atoms with E-state index in [9.17, 15) is 27.9 Å². The highest BCUT2D eigenvalue weighted by atomic mass is 32.1. The second-order valence-electron chi connectivity index (χ2n) is 8.13. The number of rotatable bonds is 7. The summed E-state index contributed by atoms with van der Waals surface area (Å²) in [5.74, 6) is -1.72. The topological polar surface area (TPSA) is 91.3 Å². The molecule has 0 radical (unpaired) electrons. The van der Waals surface area contributed by atoms with Crippen LogP contribution < -0.4 is 10.6 Å². The SMILES string of the molecule is CC[C@H](NC(=O)C1(Nc2nc3ccc(C(F)(F)F)cc3s2)C=CC(c2ccccc2)=CC1)C(=O)O. The Labute approximate surface area is 203 Å². The van der Waals surface area contributed by atoms with Gasteiger partial charge in [0.2, 0.25) is 0 Å². The molecule has 0 spiro atoms. The number of hydrogen-bond donors (Lipinski definition) is 3. The van der Waals surface area contributed by atoms with Gasteiger partial charge in [0, 0.05) is 6.42 Å². The van der Waals surface area contributed by atoms with E-state index >= 15 is 0 Å². The molecule has 3 N–H and O–H groups in total. The van der Waals surface area contributed by atoms with E-state index in [-0.39, 0.29) is 18.0 Å². The van der Waals surface area contributed by atoms with Crippen LogP contribution in [0.3, 0.4) is 0 Å². The van der Waals surface area contributed by atoms with Gasteiger partial charge in [-0.2, -0.15) is 13.2 Å². The van der Waals surface area contributed by atoms with Crippen molar-refractivity contribution in [3.05, 3.63) is 77.9 Å². The maximum absolute atomic E-state index is 13.4. The molecule has 1 heterocycles. The largest absolute Gasteiger partial charge is 0.480 e. The van der Waals surface area contributed by atoms with E-state index in [1.54, 1.807) is 19.1 Å². The summed E-state index contributed by atoms with van der Waals surface area (Å²) in [5.41, 5.74) is 0.0443. The Morgan fingerprint density at radius 2 is 1.94 bits per heavy atom. The van der Waals surface area contributed by atoms with Crippen molar-refractivity contribution in [3.63, 3.8) is 0 Å². The van der Waals surface area contributed by atoms with Crippen molar-refractivity contribution < 1.29 is 27.9 Å². The lowest BCUT2D eigenvalue weighted by molar-refractivity contribution is -0.142. The lowest BCUT2D eigenvalue weighted by atomic mass is 9.85. The summed E-state index contributed by atoms with van der Waals surface area (Å²) in [6.07, 6.45) is 1.16. The van der Waals surface area contributed by atoms with Gasteiger partial charge >= 0.3 is 12.1 Å². The number of hydrogen-bond acceptors (Lipinski definition) is 5. The summed E-state index contributed by atoms with van der Waals surface area (Å²) in [7, 11) is 0. The van der Waals surface area contributed by atoms with Crippen LogP contribution in [0, 0.1) is 0 Å². The highest BCUT2D eigenvalue weighted by molar-refractivity contribution is 7.22. The monoisotopic (exact) mass is 501 g/mol. The van der Waals surface area contributed by atoms with E-state index < -0.39 is 35.2 Å². The average Bonchev–Trinajstić information content (AvgIpc) is 3.24. The third kappa shape index (κ3) is 5.22. The number of carboxylic acids is 1. The molecule has 1 amide bonds. The number of benzene rings is 2. The van der Waals surface area contributed by atoms with E-state index in [1.165, 1.54) is 6.07 Å². The van der Waals surface area contributed by atoms with Gasteiger partial charge < -0.3 is 15.7 Å². The Morgan fingerprint density at radius 3 is 2.54 bits per heavy atom. The van der Waals surface area contributed by atoms with Crippen LogP contribution in [0.25, 0.3) is 15.8 Å². The number of carbonyl (C=O) groups excluding carboxylic acids is 1. The van der Waals surface area contributed by atoms with E-state index in [0.29, 0.717) is 10.2 Å². The molecule has 1 aromatic heterocycles. The highest BCUT2D eigenvalue weighted by Crippen LogP contribution is 2.37.